The maximum Gasteiger partial charge on any atom is 0.363 e. The van der Waals surface area contributed by atoms with Crippen LogP contribution in [0.25, 0.3) is 5.69 Å². The number of para-hydroxylation sites is 1. The van der Waals surface area contributed by atoms with Crippen LogP contribution in [0.2, 0.25) is 0 Å². The average molecular weight is 385 g/mol. The van der Waals surface area contributed by atoms with Gasteiger partial charge in [0.05, 0.1) is 19.0 Å². The minimum Gasteiger partial charge on any atom is -0.493 e. The van der Waals surface area contributed by atoms with Gasteiger partial charge in [0.25, 0.3) is 5.91 Å². The Morgan fingerprint density at radius 1 is 1.21 bits per heavy atom. The molecule has 1 aliphatic carbocycles. The van der Waals surface area contributed by atoms with Gasteiger partial charge in [0.15, 0.2) is 12.4 Å². The van der Waals surface area contributed by atoms with Crippen LogP contribution in [0.15, 0.2) is 36.5 Å². The predicted octanol–water partition coefficient (Wildman–Crippen LogP) is 2.98. The van der Waals surface area contributed by atoms with E-state index in [4.69, 9.17) is 9.47 Å². The summed E-state index contributed by atoms with van der Waals surface area (Å²) in [4.78, 5) is 24.7. The van der Waals surface area contributed by atoms with Gasteiger partial charge in [-0.05, 0) is 30.4 Å². The van der Waals surface area contributed by atoms with Crippen molar-refractivity contribution in [1.82, 2.24) is 15.1 Å². The van der Waals surface area contributed by atoms with Crippen LogP contribution < -0.4 is 10.1 Å². The first kappa shape index (κ1) is 19.9. The van der Waals surface area contributed by atoms with Crippen LogP contribution in [0.4, 0.5) is 0 Å². The first-order valence-electron chi connectivity index (χ1n) is 9.65. The summed E-state index contributed by atoms with van der Waals surface area (Å²) < 4.78 is 12.0. The molecule has 1 saturated carbocycles. The van der Waals surface area contributed by atoms with E-state index < -0.39 is 5.97 Å². The molecule has 1 amide bonds. The van der Waals surface area contributed by atoms with E-state index in [0.29, 0.717) is 17.6 Å². The Morgan fingerprint density at radius 3 is 2.68 bits per heavy atom. The molecule has 150 valence electrons. The number of hydrogen-bond acceptors (Lipinski definition) is 5. The first-order valence-corrected chi connectivity index (χ1v) is 9.65. The van der Waals surface area contributed by atoms with Gasteiger partial charge in [-0.3, -0.25) is 4.79 Å². The van der Waals surface area contributed by atoms with E-state index in [1.807, 2.05) is 30.3 Å². The SMILES string of the molecule is COc1cn(-c2ccccc2)nc1C(=O)OCC(=O)N[C@H]1CCC[C@H](C)[C@H]1C. The molecule has 1 aliphatic rings. The molecule has 1 fully saturated rings. The van der Waals surface area contributed by atoms with Gasteiger partial charge in [0, 0.05) is 6.04 Å². The number of hydrogen-bond donors (Lipinski definition) is 1. The molecule has 0 bridgehead atoms. The molecule has 3 rings (SSSR count). The van der Waals surface area contributed by atoms with E-state index in [1.165, 1.54) is 13.5 Å². The Morgan fingerprint density at radius 2 is 1.96 bits per heavy atom. The van der Waals surface area contributed by atoms with Crippen LogP contribution in [0.3, 0.4) is 0 Å². The Labute approximate surface area is 165 Å². The molecule has 0 aliphatic heterocycles. The zero-order valence-electron chi connectivity index (χ0n) is 16.6. The Bertz CT molecular complexity index is 818. The van der Waals surface area contributed by atoms with E-state index in [2.05, 4.69) is 24.3 Å². The summed E-state index contributed by atoms with van der Waals surface area (Å²) in [5.41, 5.74) is 0.830. The zero-order chi connectivity index (χ0) is 20.1. The average Bonchev–Trinajstić information content (AvgIpc) is 3.15. The molecule has 2 aromatic rings. The van der Waals surface area contributed by atoms with Crippen molar-refractivity contribution in [2.45, 2.75) is 39.2 Å². The van der Waals surface area contributed by atoms with E-state index in [0.717, 1.165) is 18.5 Å². The van der Waals surface area contributed by atoms with Crippen LogP contribution in [-0.4, -0.2) is 41.4 Å². The maximum absolute atomic E-state index is 12.4. The second kappa shape index (κ2) is 8.91. The number of rotatable bonds is 6. The van der Waals surface area contributed by atoms with E-state index >= 15 is 0 Å². The Balaban J connectivity index is 1.60. The third-order valence-corrected chi connectivity index (χ3v) is 5.50. The van der Waals surface area contributed by atoms with Crippen molar-refractivity contribution in [3.63, 3.8) is 0 Å². The number of amides is 1. The third-order valence-electron chi connectivity index (χ3n) is 5.50. The molecule has 0 unspecified atom stereocenters. The Hall–Kier alpha value is -2.83. The largest absolute Gasteiger partial charge is 0.493 e. The number of carbonyl (C=O) groups excluding carboxylic acids is 2. The number of esters is 1. The summed E-state index contributed by atoms with van der Waals surface area (Å²) >= 11 is 0. The molecule has 0 saturated heterocycles. The molecule has 1 aromatic heterocycles. The molecule has 0 radical (unpaired) electrons. The number of benzene rings is 1. The lowest BCUT2D eigenvalue weighted by atomic mass is 9.78. The molecule has 7 nitrogen and oxygen atoms in total. The molecule has 1 heterocycles. The number of methoxy groups -OCH3 is 1. The molecule has 7 heteroatoms. The summed E-state index contributed by atoms with van der Waals surface area (Å²) in [5.74, 6) is 0.305. The highest BCUT2D eigenvalue weighted by molar-refractivity contribution is 5.92. The number of nitrogens with one attached hydrogen (secondary N) is 1. The standard InChI is InChI=1S/C21H27N3O4/c1-14-8-7-11-17(15(14)2)22-19(25)13-28-21(26)20-18(27-3)12-24(23-20)16-9-5-4-6-10-16/h4-6,9-10,12,14-15,17H,7-8,11,13H2,1-3H3,(H,22,25)/t14-,15+,17-/m0/s1. The molecule has 1 N–H and O–H groups in total. The van der Waals surface area contributed by atoms with Gasteiger partial charge in [-0.2, -0.15) is 5.10 Å². The van der Waals surface area contributed by atoms with E-state index in [-0.39, 0.29) is 24.2 Å². The lowest BCUT2D eigenvalue weighted by Crippen LogP contribution is -2.45. The van der Waals surface area contributed by atoms with Crippen molar-refractivity contribution in [2.75, 3.05) is 13.7 Å². The van der Waals surface area contributed by atoms with Gasteiger partial charge < -0.3 is 14.8 Å². The highest BCUT2D eigenvalue weighted by Crippen LogP contribution is 2.29. The van der Waals surface area contributed by atoms with Crippen molar-refractivity contribution in [1.29, 1.82) is 0 Å². The fourth-order valence-corrected chi connectivity index (χ4v) is 3.60. The second-order valence-corrected chi connectivity index (χ2v) is 7.34. The quantitative estimate of drug-likeness (QED) is 0.773. The van der Waals surface area contributed by atoms with Crippen molar-refractivity contribution in [3.05, 3.63) is 42.2 Å². The zero-order valence-corrected chi connectivity index (χ0v) is 16.6. The summed E-state index contributed by atoms with van der Waals surface area (Å²) in [6.45, 7) is 4.03. The lowest BCUT2D eigenvalue weighted by Gasteiger charge is -2.34. The van der Waals surface area contributed by atoms with Crippen molar-refractivity contribution < 1.29 is 19.1 Å². The van der Waals surface area contributed by atoms with E-state index in [1.54, 1.807) is 10.9 Å². The topological polar surface area (TPSA) is 82.5 Å². The molecule has 3 atom stereocenters. The third kappa shape index (κ3) is 4.52. The highest BCUT2D eigenvalue weighted by atomic mass is 16.5. The molecule has 1 aromatic carbocycles. The maximum atomic E-state index is 12.4. The Kier molecular flexibility index (Phi) is 6.34. The minimum atomic E-state index is -0.688. The van der Waals surface area contributed by atoms with Crippen LogP contribution in [0.5, 0.6) is 5.75 Å². The fraction of sp³-hybridized carbons (Fsp3) is 0.476. The molecule has 28 heavy (non-hydrogen) atoms. The first-order chi connectivity index (χ1) is 13.5. The predicted molar refractivity (Wildman–Crippen MR) is 105 cm³/mol. The smallest absolute Gasteiger partial charge is 0.363 e. The van der Waals surface area contributed by atoms with Gasteiger partial charge in [-0.15, -0.1) is 0 Å². The molecular formula is C21H27N3O4. The van der Waals surface area contributed by atoms with E-state index in [9.17, 15) is 9.59 Å². The molecular weight excluding hydrogens is 358 g/mol. The monoisotopic (exact) mass is 385 g/mol. The van der Waals surface area contributed by atoms with Crippen LogP contribution in [-0.2, 0) is 9.53 Å². The van der Waals surface area contributed by atoms with Crippen molar-refractivity contribution in [2.24, 2.45) is 11.8 Å². The summed E-state index contributed by atoms with van der Waals surface area (Å²) in [6, 6.07) is 9.49. The fourth-order valence-electron chi connectivity index (χ4n) is 3.60. The summed E-state index contributed by atoms with van der Waals surface area (Å²) in [6.07, 6.45) is 4.86. The van der Waals surface area contributed by atoms with Crippen molar-refractivity contribution in [3.8, 4) is 11.4 Å². The summed E-state index contributed by atoms with van der Waals surface area (Å²) in [7, 11) is 1.46. The number of ether oxygens (including phenoxy) is 2. The normalized spacial score (nSPS) is 21.8. The van der Waals surface area contributed by atoms with Crippen LogP contribution >= 0.6 is 0 Å². The van der Waals surface area contributed by atoms with Gasteiger partial charge >= 0.3 is 5.97 Å². The lowest BCUT2D eigenvalue weighted by molar-refractivity contribution is -0.125. The van der Waals surface area contributed by atoms with Gasteiger partial charge in [-0.1, -0.05) is 44.9 Å². The second-order valence-electron chi connectivity index (χ2n) is 7.34. The van der Waals surface area contributed by atoms with Crippen LogP contribution in [0.1, 0.15) is 43.6 Å². The summed E-state index contributed by atoms with van der Waals surface area (Å²) in [5, 5.41) is 7.24. The minimum absolute atomic E-state index is 0.0406. The van der Waals surface area contributed by atoms with Crippen molar-refractivity contribution >= 4 is 11.9 Å². The van der Waals surface area contributed by atoms with Gasteiger partial charge in [0.2, 0.25) is 5.69 Å². The highest BCUT2D eigenvalue weighted by Gasteiger charge is 2.28. The van der Waals surface area contributed by atoms with Crippen LogP contribution in [0, 0.1) is 11.8 Å². The number of carbonyl (C=O) groups is 2. The van der Waals surface area contributed by atoms with Gasteiger partial charge in [0.1, 0.15) is 0 Å². The number of nitrogens with zero attached hydrogens (tertiary/aromatic N) is 2. The number of aromatic nitrogens is 2. The van der Waals surface area contributed by atoms with Gasteiger partial charge in [-0.25, -0.2) is 9.48 Å². The molecule has 0 spiro atoms.